The Labute approximate surface area is 70.8 Å². The van der Waals surface area contributed by atoms with Crippen LogP contribution >= 0.6 is 12.6 Å². The van der Waals surface area contributed by atoms with Crippen LogP contribution in [0.15, 0.2) is 11.5 Å². The van der Waals surface area contributed by atoms with E-state index >= 15 is 0 Å². The van der Waals surface area contributed by atoms with Crippen molar-refractivity contribution in [1.82, 2.24) is 0 Å². The molecule has 1 heterocycles. The Bertz CT molecular complexity index is 198. The van der Waals surface area contributed by atoms with Gasteiger partial charge in [0.2, 0.25) is 0 Å². The maximum absolute atomic E-state index is 10.7. The molecule has 1 rings (SSSR count). The van der Waals surface area contributed by atoms with Gasteiger partial charge in [-0.05, 0) is 6.92 Å². The monoisotopic (exact) mass is 174 g/mol. The highest BCUT2D eigenvalue weighted by Gasteiger charge is 2.15. The van der Waals surface area contributed by atoms with Gasteiger partial charge >= 0.3 is 5.97 Å². The smallest absolute Gasteiger partial charge is 0.320 e. The molecule has 0 fully saturated rings. The highest BCUT2D eigenvalue weighted by molar-refractivity contribution is 7.81. The van der Waals surface area contributed by atoms with Crippen molar-refractivity contribution < 1.29 is 14.3 Å². The number of ether oxygens (including phenoxy) is 2. The molecule has 0 radical (unpaired) electrons. The first-order valence-electron chi connectivity index (χ1n) is 3.38. The lowest BCUT2D eigenvalue weighted by molar-refractivity contribution is -0.136. The van der Waals surface area contributed by atoms with E-state index in [9.17, 15) is 4.79 Å². The van der Waals surface area contributed by atoms with Crippen LogP contribution in [0.25, 0.3) is 0 Å². The van der Waals surface area contributed by atoms with Gasteiger partial charge in [-0.25, -0.2) is 0 Å². The average Bonchev–Trinajstić information content (AvgIpc) is 2.37. The molecule has 3 nitrogen and oxygen atoms in total. The van der Waals surface area contributed by atoms with Gasteiger partial charge in [-0.15, -0.1) is 0 Å². The molecule has 0 bridgehead atoms. The molecule has 0 aliphatic carbocycles. The summed E-state index contributed by atoms with van der Waals surface area (Å²) in [5, 5.41) is 0. The standard InChI is InChI=1S/C7H10O3S/c1-5-6(2-3-9-5)10-7(8)4-11/h11H,2-4H2,1H3. The Morgan fingerprint density at radius 3 is 3.00 bits per heavy atom. The summed E-state index contributed by atoms with van der Waals surface area (Å²) in [5.74, 6) is 1.13. The third-order valence-corrected chi connectivity index (χ3v) is 1.66. The van der Waals surface area contributed by atoms with E-state index in [-0.39, 0.29) is 11.7 Å². The summed E-state index contributed by atoms with van der Waals surface area (Å²) in [5.41, 5.74) is 0. The zero-order valence-corrected chi connectivity index (χ0v) is 7.19. The van der Waals surface area contributed by atoms with Crippen LogP contribution in [0.1, 0.15) is 13.3 Å². The van der Waals surface area contributed by atoms with Gasteiger partial charge in [0.05, 0.1) is 12.4 Å². The molecule has 1 aliphatic heterocycles. The van der Waals surface area contributed by atoms with Crippen molar-refractivity contribution in [3.8, 4) is 0 Å². The highest BCUT2D eigenvalue weighted by atomic mass is 32.1. The average molecular weight is 174 g/mol. The number of hydrogen-bond acceptors (Lipinski definition) is 4. The number of carbonyl (C=O) groups excluding carboxylic acids is 1. The number of hydrogen-bond donors (Lipinski definition) is 1. The normalized spacial score (nSPS) is 16.5. The fraction of sp³-hybridized carbons (Fsp3) is 0.571. The van der Waals surface area contributed by atoms with E-state index in [0.717, 1.165) is 0 Å². The number of carbonyl (C=O) groups is 1. The van der Waals surface area contributed by atoms with Crippen LogP contribution in [0.2, 0.25) is 0 Å². The lowest BCUT2D eigenvalue weighted by Gasteiger charge is -2.01. The van der Waals surface area contributed by atoms with E-state index in [2.05, 4.69) is 12.6 Å². The van der Waals surface area contributed by atoms with Crippen molar-refractivity contribution >= 4 is 18.6 Å². The second kappa shape index (κ2) is 3.67. The number of esters is 1. The van der Waals surface area contributed by atoms with E-state index in [4.69, 9.17) is 9.47 Å². The van der Waals surface area contributed by atoms with Gasteiger partial charge in [-0.3, -0.25) is 4.79 Å². The van der Waals surface area contributed by atoms with Crippen molar-refractivity contribution in [1.29, 1.82) is 0 Å². The van der Waals surface area contributed by atoms with Gasteiger partial charge in [0, 0.05) is 6.42 Å². The van der Waals surface area contributed by atoms with E-state index in [1.54, 1.807) is 6.92 Å². The van der Waals surface area contributed by atoms with E-state index in [0.29, 0.717) is 24.5 Å². The fourth-order valence-corrected chi connectivity index (χ4v) is 0.910. The summed E-state index contributed by atoms with van der Waals surface area (Å²) in [7, 11) is 0. The molecule has 0 unspecified atom stereocenters. The lowest BCUT2D eigenvalue weighted by atomic mass is 10.4. The minimum atomic E-state index is -0.326. The zero-order valence-electron chi connectivity index (χ0n) is 6.29. The Kier molecular flexibility index (Phi) is 2.82. The van der Waals surface area contributed by atoms with Crippen LogP contribution in [0, 0.1) is 0 Å². The Balaban J connectivity index is 2.48. The quantitative estimate of drug-likeness (QED) is 0.503. The molecule has 0 saturated carbocycles. The molecule has 0 aromatic heterocycles. The topological polar surface area (TPSA) is 35.5 Å². The number of rotatable bonds is 2. The highest BCUT2D eigenvalue weighted by Crippen LogP contribution is 2.19. The van der Waals surface area contributed by atoms with Crippen molar-refractivity contribution in [3.05, 3.63) is 11.5 Å². The molecule has 0 atom stereocenters. The van der Waals surface area contributed by atoms with Crippen molar-refractivity contribution in [3.63, 3.8) is 0 Å². The maximum Gasteiger partial charge on any atom is 0.320 e. The van der Waals surface area contributed by atoms with Crippen LogP contribution in [-0.4, -0.2) is 18.3 Å². The van der Waals surface area contributed by atoms with E-state index in [1.807, 2.05) is 0 Å². The molecule has 4 heteroatoms. The lowest BCUT2D eigenvalue weighted by Crippen LogP contribution is -2.05. The number of allylic oxidation sites excluding steroid dienone is 1. The molecule has 11 heavy (non-hydrogen) atoms. The molecular weight excluding hydrogens is 164 g/mol. The number of thiol groups is 1. The predicted molar refractivity (Wildman–Crippen MR) is 43.2 cm³/mol. The first-order valence-corrected chi connectivity index (χ1v) is 4.01. The van der Waals surface area contributed by atoms with Gasteiger partial charge in [0.1, 0.15) is 11.5 Å². The first kappa shape index (κ1) is 8.46. The van der Waals surface area contributed by atoms with Crippen LogP contribution in [0.5, 0.6) is 0 Å². The zero-order chi connectivity index (χ0) is 8.27. The van der Waals surface area contributed by atoms with E-state index in [1.165, 1.54) is 0 Å². The molecule has 1 aliphatic rings. The Morgan fingerprint density at radius 2 is 2.55 bits per heavy atom. The Hall–Kier alpha value is -0.640. The summed E-state index contributed by atoms with van der Waals surface area (Å²) in [4.78, 5) is 10.7. The molecule has 0 aromatic rings. The van der Waals surface area contributed by atoms with Crippen molar-refractivity contribution in [2.75, 3.05) is 12.4 Å². The van der Waals surface area contributed by atoms with Crippen LogP contribution < -0.4 is 0 Å². The molecule has 0 spiro atoms. The van der Waals surface area contributed by atoms with Gasteiger partial charge < -0.3 is 9.47 Å². The summed E-state index contributed by atoms with van der Waals surface area (Å²) in [6.45, 7) is 2.40. The fourth-order valence-electron chi connectivity index (χ4n) is 0.846. The summed E-state index contributed by atoms with van der Waals surface area (Å²) in [6.07, 6.45) is 0.686. The van der Waals surface area contributed by atoms with Crippen LogP contribution in [-0.2, 0) is 14.3 Å². The maximum atomic E-state index is 10.7. The van der Waals surface area contributed by atoms with Gasteiger partial charge in [0.25, 0.3) is 0 Å². The second-order valence-corrected chi connectivity index (χ2v) is 2.53. The van der Waals surface area contributed by atoms with Crippen molar-refractivity contribution in [2.45, 2.75) is 13.3 Å². The SMILES string of the molecule is CC1=C(OC(=O)CS)CCO1. The molecule has 62 valence electrons. The van der Waals surface area contributed by atoms with Gasteiger partial charge in [-0.2, -0.15) is 12.6 Å². The first-order chi connectivity index (χ1) is 5.24. The minimum Gasteiger partial charge on any atom is -0.494 e. The molecule has 0 amide bonds. The molecule has 0 saturated heterocycles. The third kappa shape index (κ3) is 2.15. The summed E-state index contributed by atoms with van der Waals surface area (Å²) >= 11 is 3.78. The van der Waals surface area contributed by atoms with Crippen LogP contribution in [0.4, 0.5) is 0 Å². The summed E-state index contributed by atoms with van der Waals surface area (Å²) in [6, 6.07) is 0. The Morgan fingerprint density at radius 1 is 1.82 bits per heavy atom. The second-order valence-electron chi connectivity index (χ2n) is 2.21. The van der Waals surface area contributed by atoms with Crippen molar-refractivity contribution in [2.24, 2.45) is 0 Å². The molecular formula is C7H10O3S. The minimum absolute atomic E-state index is 0.108. The molecule has 0 aromatic carbocycles. The molecule has 0 N–H and O–H groups in total. The van der Waals surface area contributed by atoms with Gasteiger partial charge in [0.15, 0.2) is 0 Å². The van der Waals surface area contributed by atoms with Gasteiger partial charge in [-0.1, -0.05) is 0 Å². The largest absolute Gasteiger partial charge is 0.494 e. The van der Waals surface area contributed by atoms with E-state index < -0.39 is 0 Å². The van der Waals surface area contributed by atoms with Crippen LogP contribution in [0.3, 0.4) is 0 Å². The predicted octanol–water partition coefficient (Wildman–Crippen LogP) is 1.11. The third-order valence-electron chi connectivity index (χ3n) is 1.41. The summed E-state index contributed by atoms with van der Waals surface area (Å²) < 4.78 is 10.0.